The van der Waals surface area contributed by atoms with Gasteiger partial charge in [-0.25, -0.2) is 4.98 Å². The van der Waals surface area contributed by atoms with E-state index in [0.29, 0.717) is 6.42 Å². The number of Topliss-reactive ketones (excluding diaryl/α,β-unsaturated/α-hetero) is 1. The Morgan fingerprint density at radius 1 is 1.14 bits per heavy atom. The number of aromatic nitrogens is 1. The number of ether oxygens (including phenoxy) is 2. The molecular formula is C27H37NO6S. The molecule has 2 aliphatic rings. The fourth-order valence-corrected chi connectivity index (χ4v) is 6.02. The number of aliphatic hydroxyl groups is 2. The molecule has 1 aromatic heterocycles. The van der Waals surface area contributed by atoms with Gasteiger partial charge in [-0.1, -0.05) is 40.2 Å². The molecule has 0 saturated carbocycles. The third kappa shape index (κ3) is 5.45. The molecule has 3 heterocycles. The molecule has 4 rings (SSSR count). The first-order valence-electron chi connectivity index (χ1n) is 12.5. The van der Waals surface area contributed by atoms with E-state index >= 15 is 0 Å². The van der Waals surface area contributed by atoms with Crippen molar-refractivity contribution in [3.05, 3.63) is 29.3 Å². The Balaban J connectivity index is 1.60. The number of benzene rings is 1. The number of hydrogen-bond acceptors (Lipinski definition) is 8. The van der Waals surface area contributed by atoms with Crippen molar-refractivity contribution in [2.45, 2.75) is 96.7 Å². The van der Waals surface area contributed by atoms with Crippen LogP contribution in [0, 0.1) is 17.3 Å². The van der Waals surface area contributed by atoms with Crippen LogP contribution >= 0.6 is 11.3 Å². The number of fused-ring (bicyclic) bond motifs is 2. The van der Waals surface area contributed by atoms with E-state index in [1.54, 1.807) is 26.3 Å². The van der Waals surface area contributed by atoms with Gasteiger partial charge in [0.25, 0.3) is 0 Å². The Morgan fingerprint density at radius 2 is 1.89 bits per heavy atom. The minimum Gasteiger partial charge on any atom is -0.457 e. The fourth-order valence-electron chi connectivity index (χ4n) is 5.29. The van der Waals surface area contributed by atoms with E-state index < -0.39 is 35.6 Å². The van der Waals surface area contributed by atoms with Crippen molar-refractivity contribution in [2.75, 3.05) is 0 Å². The van der Waals surface area contributed by atoms with Crippen molar-refractivity contribution in [3.8, 4) is 0 Å². The molecule has 2 aromatic rings. The van der Waals surface area contributed by atoms with Gasteiger partial charge in [0.2, 0.25) is 0 Å². The molecule has 2 aliphatic heterocycles. The van der Waals surface area contributed by atoms with Gasteiger partial charge in [0.05, 0.1) is 51.5 Å². The highest BCUT2D eigenvalue weighted by Crippen LogP contribution is 2.46. The molecule has 0 spiro atoms. The van der Waals surface area contributed by atoms with Crippen LogP contribution < -0.4 is 0 Å². The lowest BCUT2D eigenvalue weighted by molar-refractivity contribution is -0.156. The Morgan fingerprint density at radius 3 is 2.63 bits per heavy atom. The predicted octanol–water partition coefficient (Wildman–Crippen LogP) is 4.59. The van der Waals surface area contributed by atoms with Crippen LogP contribution in [0.2, 0.25) is 0 Å². The van der Waals surface area contributed by atoms with Crippen LogP contribution in [0.4, 0.5) is 0 Å². The summed E-state index contributed by atoms with van der Waals surface area (Å²) in [6.07, 6.45) is 0.0429. The van der Waals surface area contributed by atoms with Crippen LogP contribution in [0.1, 0.15) is 78.4 Å². The summed E-state index contributed by atoms with van der Waals surface area (Å²) in [6.45, 7) is 8.99. The van der Waals surface area contributed by atoms with Crippen molar-refractivity contribution < 1.29 is 29.3 Å². The van der Waals surface area contributed by atoms with Crippen LogP contribution in [0.15, 0.2) is 23.7 Å². The summed E-state index contributed by atoms with van der Waals surface area (Å²) in [5.41, 5.74) is 2.04. The molecule has 0 amide bonds. The van der Waals surface area contributed by atoms with Gasteiger partial charge in [0, 0.05) is 12.3 Å². The topological polar surface area (TPSA) is 109 Å². The van der Waals surface area contributed by atoms with Gasteiger partial charge < -0.3 is 19.7 Å². The van der Waals surface area contributed by atoms with Crippen molar-refractivity contribution in [1.82, 2.24) is 4.98 Å². The average molecular weight is 504 g/mol. The number of carbonyl (C=O) groups excluding carboxylic acids is 2. The number of hydrogen-bond donors (Lipinski definition) is 2. The second-order valence-corrected chi connectivity index (χ2v) is 12.1. The van der Waals surface area contributed by atoms with Gasteiger partial charge in [-0.15, -0.1) is 11.3 Å². The van der Waals surface area contributed by atoms with Crippen molar-refractivity contribution in [1.29, 1.82) is 0 Å². The summed E-state index contributed by atoms with van der Waals surface area (Å²) >= 11 is 1.53. The van der Waals surface area contributed by atoms with Gasteiger partial charge in [-0.3, -0.25) is 9.59 Å². The zero-order valence-corrected chi connectivity index (χ0v) is 22.0. The lowest BCUT2D eigenvalue weighted by Gasteiger charge is -2.34. The van der Waals surface area contributed by atoms with E-state index in [0.717, 1.165) is 35.0 Å². The number of ketones is 1. The summed E-state index contributed by atoms with van der Waals surface area (Å²) in [7, 11) is 0. The van der Waals surface area contributed by atoms with Crippen LogP contribution in [-0.4, -0.2) is 50.9 Å². The molecule has 192 valence electrons. The maximum Gasteiger partial charge on any atom is 0.309 e. The largest absolute Gasteiger partial charge is 0.457 e. The van der Waals surface area contributed by atoms with E-state index in [-0.39, 0.29) is 29.8 Å². The summed E-state index contributed by atoms with van der Waals surface area (Å²) < 4.78 is 13.0. The van der Waals surface area contributed by atoms with Gasteiger partial charge >= 0.3 is 5.97 Å². The predicted molar refractivity (Wildman–Crippen MR) is 134 cm³/mol. The number of aliphatic hydroxyl groups excluding tert-OH is 2. The molecular weight excluding hydrogens is 466 g/mol. The summed E-state index contributed by atoms with van der Waals surface area (Å²) in [5.74, 6) is -1.55. The van der Waals surface area contributed by atoms with Crippen molar-refractivity contribution in [2.24, 2.45) is 17.3 Å². The number of carbonyl (C=O) groups is 2. The molecule has 2 N–H and O–H groups in total. The fraction of sp³-hybridized carbons (Fsp3) is 0.667. The standard InChI is InChI=1S/C27H37NO6S/c1-15-7-6-10-27(5)22(34-27)12-19(17-8-9-18-20(11-17)35-14-28-18)33-23(30)13-21(29)26(3,4)25(32)16(2)24(15)31/h8-9,11,14-16,19,21-22,24,29,31H,6-7,10,12-13H2,1-5H3/t15?,16?,19-,21?,22-,24-,27+/m0/s1. The molecule has 35 heavy (non-hydrogen) atoms. The van der Waals surface area contributed by atoms with Gasteiger partial charge in [-0.05, 0) is 43.4 Å². The highest BCUT2D eigenvalue weighted by Gasteiger charge is 2.53. The highest BCUT2D eigenvalue weighted by molar-refractivity contribution is 7.16. The number of esters is 1. The van der Waals surface area contributed by atoms with E-state index in [1.807, 2.05) is 25.1 Å². The summed E-state index contributed by atoms with van der Waals surface area (Å²) in [5, 5.41) is 21.7. The number of thiazole rings is 1. The number of cyclic esters (lactones) is 1. The number of rotatable bonds is 1. The normalized spacial score (nSPS) is 37.0. The molecule has 0 radical (unpaired) electrons. The Kier molecular flexibility index (Phi) is 7.40. The Bertz CT molecular complexity index is 1080. The highest BCUT2D eigenvalue weighted by atomic mass is 32.1. The minimum atomic E-state index is -1.23. The molecule has 7 atom stereocenters. The van der Waals surface area contributed by atoms with Crippen molar-refractivity contribution >= 4 is 33.3 Å². The minimum absolute atomic E-state index is 0.0486. The Labute approximate surface area is 210 Å². The van der Waals surface area contributed by atoms with E-state index in [1.165, 1.54) is 11.3 Å². The quantitative estimate of drug-likeness (QED) is 0.433. The van der Waals surface area contributed by atoms with Crippen LogP contribution in [0.5, 0.6) is 0 Å². The lowest BCUT2D eigenvalue weighted by atomic mass is 9.73. The third-order valence-corrected chi connectivity index (χ3v) is 8.93. The maximum atomic E-state index is 13.2. The summed E-state index contributed by atoms with van der Waals surface area (Å²) in [4.78, 5) is 30.5. The zero-order valence-electron chi connectivity index (χ0n) is 21.2. The molecule has 0 bridgehead atoms. The second kappa shape index (κ2) is 9.88. The smallest absolute Gasteiger partial charge is 0.309 e. The van der Waals surface area contributed by atoms with Crippen LogP contribution in [0.3, 0.4) is 0 Å². The third-order valence-electron chi connectivity index (χ3n) is 8.13. The first-order valence-corrected chi connectivity index (χ1v) is 13.4. The van der Waals surface area contributed by atoms with E-state index in [4.69, 9.17) is 9.47 Å². The monoisotopic (exact) mass is 503 g/mol. The molecule has 7 nitrogen and oxygen atoms in total. The zero-order chi connectivity index (χ0) is 25.5. The lowest BCUT2D eigenvalue weighted by Crippen LogP contribution is -2.45. The Hall–Kier alpha value is -1.87. The molecule has 3 unspecified atom stereocenters. The first kappa shape index (κ1) is 26.2. The summed E-state index contributed by atoms with van der Waals surface area (Å²) in [6, 6.07) is 5.84. The molecule has 2 saturated heterocycles. The van der Waals surface area contributed by atoms with E-state index in [9.17, 15) is 19.8 Å². The molecule has 2 fully saturated rings. The molecule has 0 aliphatic carbocycles. The van der Waals surface area contributed by atoms with Gasteiger partial charge in [0.1, 0.15) is 11.9 Å². The van der Waals surface area contributed by atoms with Gasteiger partial charge in [-0.2, -0.15) is 0 Å². The van der Waals surface area contributed by atoms with Crippen molar-refractivity contribution in [3.63, 3.8) is 0 Å². The van der Waals surface area contributed by atoms with Crippen LogP contribution in [-0.2, 0) is 19.1 Å². The average Bonchev–Trinajstić information content (AvgIpc) is 3.21. The first-order chi connectivity index (χ1) is 16.4. The molecule has 8 heteroatoms. The number of epoxide rings is 1. The van der Waals surface area contributed by atoms with Crippen LogP contribution in [0.25, 0.3) is 10.2 Å². The SMILES string of the molecule is CC1CCC[C@@]2(C)O[C@H]2C[C@@H](c2ccc3ncsc3c2)OC(=O)CC(O)C(C)(C)C(=O)C(C)[C@H]1O. The van der Waals surface area contributed by atoms with Gasteiger partial charge in [0.15, 0.2) is 0 Å². The second-order valence-electron chi connectivity index (χ2n) is 11.2. The number of nitrogens with zero attached hydrogens (tertiary/aromatic N) is 1. The molecule has 1 aromatic carbocycles. The van der Waals surface area contributed by atoms with E-state index in [2.05, 4.69) is 11.9 Å². The maximum absolute atomic E-state index is 13.2.